The molecule has 0 aliphatic carbocycles. The number of nitrogens with two attached hydrogens (primary N) is 1. The molecule has 0 saturated carbocycles. The lowest BCUT2D eigenvalue weighted by Gasteiger charge is -2.02. The highest BCUT2D eigenvalue weighted by atomic mass is 19.3. The number of nitrogens with zero attached hydrogens (tertiary/aromatic N) is 2. The highest BCUT2D eigenvalue weighted by Gasteiger charge is 2.10. The third kappa shape index (κ3) is 2.20. The Morgan fingerprint density at radius 1 is 1.54 bits per heavy atom. The second kappa shape index (κ2) is 3.92. The van der Waals surface area contributed by atoms with Gasteiger partial charge < -0.3 is 5.73 Å². The van der Waals surface area contributed by atoms with Crippen molar-refractivity contribution in [1.29, 1.82) is 5.26 Å². The molecule has 1 aromatic heterocycles. The number of rotatable bonds is 2. The summed E-state index contributed by atoms with van der Waals surface area (Å²) in [7, 11) is 0. The van der Waals surface area contributed by atoms with Gasteiger partial charge in [0.25, 0.3) is 6.43 Å². The zero-order valence-electron chi connectivity index (χ0n) is 6.67. The molecule has 0 aromatic carbocycles. The lowest BCUT2D eigenvalue weighted by atomic mass is 10.2. The zero-order valence-corrected chi connectivity index (χ0v) is 6.67. The Bertz CT molecular complexity index is 344. The maximum Gasteiger partial charge on any atom is 0.280 e. The molecule has 0 aliphatic heterocycles. The minimum Gasteiger partial charge on any atom is -0.326 e. The summed E-state index contributed by atoms with van der Waals surface area (Å²) in [5.41, 5.74) is 5.32. The summed E-state index contributed by atoms with van der Waals surface area (Å²) in [5, 5.41) is 8.47. The van der Waals surface area contributed by atoms with Gasteiger partial charge in [0, 0.05) is 6.54 Å². The number of pyridine rings is 1. The summed E-state index contributed by atoms with van der Waals surface area (Å²) < 4.78 is 24.4. The molecule has 0 aliphatic rings. The lowest BCUT2D eigenvalue weighted by molar-refractivity contribution is 0.146. The third-order valence-corrected chi connectivity index (χ3v) is 1.48. The fourth-order valence-corrected chi connectivity index (χ4v) is 0.898. The van der Waals surface area contributed by atoms with E-state index in [4.69, 9.17) is 11.0 Å². The second-order valence-electron chi connectivity index (χ2n) is 2.40. The molecule has 0 unspecified atom stereocenters. The Hall–Kier alpha value is -1.54. The summed E-state index contributed by atoms with van der Waals surface area (Å²) in [6.45, 7) is 0.122. The summed E-state index contributed by atoms with van der Waals surface area (Å²) in [5.74, 6) is 0. The van der Waals surface area contributed by atoms with Crippen LogP contribution in [0.4, 0.5) is 8.78 Å². The van der Waals surface area contributed by atoms with E-state index in [2.05, 4.69) is 4.98 Å². The van der Waals surface area contributed by atoms with Gasteiger partial charge in [-0.2, -0.15) is 5.26 Å². The Morgan fingerprint density at radius 3 is 2.69 bits per heavy atom. The summed E-state index contributed by atoms with van der Waals surface area (Å²) in [6.07, 6.45) is -2.67. The predicted molar refractivity (Wildman–Crippen MR) is 41.8 cm³/mol. The molecule has 0 atom stereocenters. The van der Waals surface area contributed by atoms with Crippen molar-refractivity contribution in [2.75, 3.05) is 0 Å². The molecule has 0 spiro atoms. The molecule has 5 heteroatoms. The van der Waals surface area contributed by atoms with E-state index in [1.807, 2.05) is 0 Å². The molecule has 0 amide bonds. The summed E-state index contributed by atoms with van der Waals surface area (Å²) >= 11 is 0. The molecular weight excluding hydrogens is 176 g/mol. The number of hydrogen-bond acceptors (Lipinski definition) is 3. The van der Waals surface area contributed by atoms with Crippen molar-refractivity contribution in [2.24, 2.45) is 5.73 Å². The molecule has 13 heavy (non-hydrogen) atoms. The molecule has 0 radical (unpaired) electrons. The summed E-state index contributed by atoms with van der Waals surface area (Å²) in [6, 6.07) is 4.29. The van der Waals surface area contributed by atoms with Crippen molar-refractivity contribution >= 4 is 0 Å². The molecule has 0 saturated heterocycles. The van der Waals surface area contributed by atoms with Crippen LogP contribution in [0.5, 0.6) is 0 Å². The van der Waals surface area contributed by atoms with Crippen molar-refractivity contribution in [3.05, 3.63) is 29.1 Å². The first-order valence-corrected chi connectivity index (χ1v) is 3.56. The van der Waals surface area contributed by atoms with Gasteiger partial charge in [-0.15, -0.1) is 0 Å². The van der Waals surface area contributed by atoms with Gasteiger partial charge in [0.2, 0.25) is 0 Å². The zero-order chi connectivity index (χ0) is 9.84. The Kier molecular flexibility index (Phi) is 2.88. The average Bonchev–Trinajstić information content (AvgIpc) is 2.16. The van der Waals surface area contributed by atoms with E-state index in [1.54, 1.807) is 6.07 Å². The summed E-state index contributed by atoms with van der Waals surface area (Å²) in [4.78, 5) is 3.43. The number of alkyl halides is 2. The lowest BCUT2D eigenvalue weighted by Crippen LogP contribution is -2.01. The number of halogens is 2. The number of hydrogen-bond donors (Lipinski definition) is 1. The van der Waals surface area contributed by atoms with Gasteiger partial charge in [0.15, 0.2) is 0 Å². The van der Waals surface area contributed by atoms with Crippen LogP contribution < -0.4 is 5.73 Å². The van der Waals surface area contributed by atoms with Crippen LogP contribution in [0.25, 0.3) is 0 Å². The molecule has 68 valence electrons. The Balaban J connectivity index is 3.17. The molecule has 0 bridgehead atoms. The molecular formula is C8H7F2N3. The van der Waals surface area contributed by atoms with Gasteiger partial charge in [-0.1, -0.05) is 0 Å². The van der Waals surface area contributed by atoms with Gasteiger partial charge in [0.05, 0.1) is 0 Å². The minimum atomic E-state index is -2.67. The van der Waals surface area contributed by atoms with E-state index in [0.29, 0.717) is 5.56 Å². The first kappa shape index (κ1) is 9.55. The highest BCUT2D eigenvalue weighted by Crippen LogP contribution is 2.17. The predicted octanol–water partition coefficient (Wildman–Crippen LogP) is 1.35. The maximum absolute atomic E-state index is 12.2. The quantitative estimate of drug-likeness (QED) is 0.752. The van der Waals surface area contributed by atoms with Crippen molar-refractivity contribution in [3.8, 4) is 6.07 Å². The van der Waals surface area contributed by atoms with Crippen LogP contribution in [0, 0.1) is 11.3 Å². The second-order valence-corrected chi connectivity index (χ2v) is 2.40. The molecule has 1 rings (SSSR count). The Morgan fingerprint density at radius 2 is 2.23 bits per heavy atom. The van der Waals surface area contributed by atoms with Crippen LogP contribution in [0.2, 0.25) is 0 Å². The van der Waals surface area contributed by atoms with E-state index in [0.717, 1.165) is 0 Å². The Labute approximate surface area is 73.8 Å². The van der Waals surface area contributed by atoms with Crippen LogP contribution in [-0.4, -0.2) is 4.98 Å². The minimum absolute atomic E-state index is 0.0294. The van der Waals surface area contributed by atoms with E-state index in [-0.39, 0.29) is 12.2 Å². The maximum atomic E-state index is 12.2. The monoisotopic (exact) mass is 183 g/mol. The number of aromatic nitrogens is 1. The van der Waals surface area contributed by atoms with E-state index in [1.165, 1.54) is 12.1 Å². The normalized spacial score (nSPS) is 10.1. The largest absolute Gasteiger partial charge is 0.326 e. The SMILES string of the molecule is N#Cc1cc(CN)cc(C(F)F)n1. The van der Waals surface area contributed by atoms with Gasteiger partial charge in [-0.3, -0.25) is 0 Å². The van der Waals surface area contributed by atoms with Crippen LogP contribution in [0.15, 0.2) is 12.1 Å². The fourth-order valence-electron chi connectivity index (χ4n) is 0.898. The van der Waals surface area contributed by atoms with Crippen molar-refractivity contribution in [3.63, 3.8) is 0 Å². The van der Waals surface area contributed by atoms with E-state index < -0.39 is 12.1 Å². The standard InChI is InChI=1S/C8H7F2N3/c9-8(10)7-2-5(3-11)1-6(4-12)13-7/h1-2,8H,3,11H2. The van der Waals surface area contributed by atoms with Gasteiger partial charge >= 0.3 is 0 Å². The van der Waals surface area contributed by atoms with Crippen molar-refractivity contribution < 1.29 is 8.78 Å². The highest BCUT2D eigenvalue weighted by molar-refractivity contribution is 5.29. The van der Waals surface area contributed by atoms with Crippen molar-refractivity contribution in [2.45, 2.75) is 13.0 Å². The topological polar surface area (TPSA) is 62.7 Å². The van der Waals surface area contributed by atoms with Gasteiger partial charge in [0.1, 0.15) is 17.5 Å². The van der Waals surface area contributed by atoms with Gasteiger partial charge in [-0.25, -0.2) is 13.8 Å². The average molecular weight is 183 g/mol. The number of nitriles is 1. The van der Waals surface area contributed by atoms with Crippen LogP contribution in [-0.2, 0) is 6.54 Å². The fraction of sp³-hybridized carbons (Fsp3) is 0.250. The van der Waals surface area contributed by atoms with Crippen molar-refractivity contribution in [1.82, 2.24) is 4.98 Å². The molecule has 0 fully saturated rings. The van der Waals surface area contributed by atoms with Gasteiger partial charge in [-0.05, 0) is 17.7 Å². The molecule has 2 N–H and O–H groups in total. The molecule has 1 heterocycles. The molecule has 3 nitrogen and oxygen atoms in total. The van der Waals surface area contributed by atoms with Crippen LogP contribution >= 0.6 is 0 Å². The molecule has 1 aromatic rings. The first-order chi connectivity index (χ1) is 6.17. The smallest absolute Gasteiger partial charge is 0.280 e. The van der Waals surface area contributed by atoms with E-state index in [9.17, 15) is 8.78 Å². The van der Waals surface area contributed by atoms with Crippen LogP contribution in [0.1, 0.15) is 23.4 Å². The first-order valence-electron chi connectivity index (χ1n) is 3.56. The van der Waals surface area contributed by atoms with E-state index >= 15 is 0 Å². The van der Waals surface area contributed by atoms with Crippen LogP contribution in [0.3, 0.4) is 0 Å². The third-order valence-electron chi connectivity index (χ3n) is 1.48.